The van der Waals surface area contributed by atoms with E-state index in [1.807, 2.05) is 25.1 Å². The molecule has 0 aliphatic rings. The highest BCUT2D eigenvalue weighted by Crippen LogP contribution is 2.37. The number of esters is 1. The molecule has 0 bridgehead atoms. The number of carbonyl (C=O) groups is 1. The number of rotatable bonds is 8. The van der Waals surface area contributed by atoms with Crippen molar-refractivity contribution in [2.75, 3.05) is 13.7 Å². The molecule has 35 heavy (non-hydrogen) atoms. The molecular weight excluding hydrogens is 472 g/mol. The quantitative estimate of drug-likeness (QED) is 0.333. The number of benzene rings is 2. The fourth-order valence-corrected chi connectivity index (χ4v) is 4.01. The van der Waals surface area contributed by atoms with Crippen molar-refractivity contribution in [3.63, 3.8) is 0 Å². The first kappa shape index (κ1) is 24.5. The van der Waals surface area contributed by atoms with E-state index in [1.54, 1.807) is 11.4 Å². The van der Waals surface area contributed by atoms with Crippen molar-refractivity contribution < 1.29 is 19.0 Å². The number of nitrogens with zero attached hydrogens (tertiary/aromatic N) is 4. The molecule has 9 nitrogen and oxygen atoms in total. The van der Waals surface area contributed by atoms with E-state index in [0.29, 0.717) is 46.5 Å². The lowest BCUT2D eigenvalue weighted by Gasteiger charge is -2.14. The third kappa shape index (κ3) is 4.81. The van der Waals surface area contributed by atoms with Crippen molar-refractivity contribution >= 4 is 34.3 Å². The van der Waals surface area contributed by atoms with Gasteiger partial charge in [0.2, 0.25) is 5.78 Å². The van der Waals surface area contributed by atoms with Crippen LogP contribution < -0.4 is 15.0 Å². The molecule has 10 heteroatoms. The van der Waals surface area contributed by atoms with Crippen molar-refractivity contribution in [2.24, 2.45) is 13.0 Å². The predicted molar refractivity (Wildman–Crippen MR) is 133 cm³/mol. The van der Waals surface area contributed by atoms with Gasteiger partial charge in [0.1, 0.15) is 0 Å². The minimum Gasteiger partial charge on any atom is -0.493 e. The average molecular weight is 499 g/mol. The number of hydrogen-bond acceptors (Lipinski definition) is 7. The molecule has 2 aromatic carbocycles. The Kier molecular flexibility index (Phi) is 6.98. The maximum Gasteiger partial charge on any atom is 0.338 e. The maximum absolute atomic E-state index is 12.9. The number of fused-ring (bicyclic) bond motifs is 3. The number of methoxy groups -OCH3 is 1. The van der Waals surface area contributed by atoms with Crippen LogP contribution in [-0.4, -0.2) is 38.9 Å². The van der Waals surface area contributed by atoms with Crippen LogP contribution in [0.1, 0.15) is 42.0 Å². The maximum atomic E-state index is 12.9. The van der Waals surface area contributed by atoms with Crippen molar-refractivity contribution in [3.05, 3.63) is 62.7 Å². The van der Waals surface area contributed by atoms with Crippen molar-refractivity contribution in [1.82, 2.24) is 19.2 Å². The lowest BCUT2D eigenvalue weighted by molar-refractivity contribution is 0.0461. The van der Waals surface area contributed by atoms with E-state index in [1.165, 1.54) is 23.8 Å². The monoisotopic (exact) mass is 498 g/mol. The molecular formula is C25H27ClN4O5. The largest absolute Gasteiger partial charge is 0.493 e. The lowest BCUT2D eigenvalue weighted by atomic mass is 10.1. The molecule has 184 valence electrons. The number of aromatic nitrogens is 4. The highest BCUT2D eigenvalue weighted by molar-refractivity contribution is 6.32. The summed E-state index contributed by atoms with van der Waals surface area (Å²) in [7, 11) is 3.11. The first-order valence-electron chi connectivity index (χ1n) is 11.2. The summed E-state index contributed by atoms with van der Waals surface area (Å²) >= 11 is 6.39. The number of ether oxygens (including phenoxy) is 3. The SMILES string of the molecule is COc1cc(C(=O)OCc2nnc3n(C)c(=O)c4cc(C)ccc4n23)cc(Cl)c1OCCC(C)C. The second kappa shape index (κ2) is 9.95. The summed E-state index contributed by atoms with van der Waals surface area (Å²) in [5.74, 6) is 1.33. The van der Waals surface area contributed by atoms with Gasteiger partial charge in [-0.3, -0.25) is 13.8 Å². The molecule has 0 radical (unpaired) electrons. The van der Waals surface area contributed by atoms with Crippen LogP contribution in [0.4, 0.5) is 0 Å². The fourth-order valence-electron chi connectivity index (χ4n) is 3.74. The van der Waals surface area contributed by atoms with E-state index in [-0.39, 0.29) is 22.8 Å². The standard InChI is InChI=1S/C25H27ClN4O5/c1-14(2)8-9-34-22-18(26)11-16(12-20(22)33-5)24(32)35-13-21-27-28-25-29(4)23(31)17-10-15(3)6-7-19(17)30(21)25/h6-7,10-12,14H,8-9,13H2,1-5H3. The Morgan fingerprint density at radius 1 is 1.17 bits per heavy atom. The summed E-state index contributed by atoms with van der Waals surface area (Å²) in [4.78, 5) is 25.6. The Morgan fingerprint density at radius 2 is 1.94 bits per heavy atom. The topological polar surface area (TPSA) is 97.0 Å². The number of aryl methyl sites for hydroxylation is 2. The Hall–Kier alpha value is -3.59. The molecule has 0 aliphatic carbocycles. The second-order valence-corrected chi connectivity index (χ2v) is 9.14. The highest BCUT2D eigenvalue weighted by Gasteiger charge is 2.20. The summed E-state index contributed by atoms with van der Waals surface area (Å²) in [6, 6.07) is 8.56. The molecule has 0 amide bonds. The normalized spacial score (nSPS) is 11.4. The summed E-state index contributed by atoms with van der Waals surface area (Å²) in [5, 5.41) is 9.06. The van der Waals surface area contributed by atoms with E-state index in [0.717, 1.165) is 12.0 Å². The van der Waals surface area contributed by atoms with Crippen molar-refractivity contribution in [3.8, 4) is 11.5 Å². The predicted octanol–water partition coefficient (Wildman–Crippen LogP) is 4.33. The summed E-state index contributed by atoms with van der Waals surface area (Å²) in [6.07, 6.45) is 0.857. The third-order valence-corrected chi connectivity index (χ3v) is 5.96. The minimum absolute atomic E-state index is 0.159. The summed E-state index contributed by atoms with van der Waals surface area (Å²) in [6.45, 7) is 6.44. The van der Waals surface area contributed by atoms with Gasteiger partial charge in [-0.05, 0) is 43.5 Å². The van der Waals surface area contributed by atoms with Gasteiger partial charge in [0, 0.05) is 7.05 Å². The zero-order chi connectivity index (χ0) is 25.3. The zero-order valence-electron chi connectivity index (χ0n) is 20.3. The minimum atomic E-state index is -0.611. The van der Waals surface area contributed by atoms with Gasteiger partial charge in [0.05, 0.1) is 35.2 Å². The van der Waals surface area contributed by atoms with Crippen LogP contribution in [-0.2, 0) is 18.4 Å². The van der Waals surface area contributed by atoms with Gasteiger partial charge in [-0.25, -0.2) is 4.79 Å². The summed E-state index contributed by atoms with van der Waals surface area (Å²) in [5.41, 5.74) is 1.63. The van der Waals surface area contributed by atoms with Gasteiger partial charge in [-0.2, -0.15) is 0 Å². The number of halogens is 1. The van der Waals surface area contributed by atoms with Crippen LogP contribution in [0.5, 0.6) is 11.5 Å². The van der Waals surface area contributed by atoms with Crippen LogP contribution in [0, 0.1) is 12.8 Å². The fraction of sp³-hybridized carbons (Fsp3) is 0.360. The average Bonchev–Trinajstić information content (AvgIpc) is 3.25. The van der Waals surface area contributed by atoms with Gasteiger partial charge >= 0.3 is 5.97 Å². The molecule has 4 aromatic rings. The second-order valence-electron chi connectivity index (χ2n) is 8.73. The molecule has 0 N–H and O–H groups in total. The first-order chi connectivity index (χ1) is 16.7. The van der Waals surface area contributed by atoms with Crippen LogP contribution in [0.25, 0.3) is 16.7 Å². The molecule has 2 heterocycles. The van der Waals surface area contributed by atoms with E-state index < -0.39 is 5.97 Å². The van der Waals surface area contributed by atoms with Crippen LogP contribution >= 0.6 is 11.6 Å². The van der Waals surface area contributed by atoms with E-state index >= 15 is 0 Å². The van der Waals surface area contributed by atoms with Gasteiger partial charge in [-0.1, -0.05) is 37.1 Å². The highest BCUT2D eigenvalue weighted by atomic mass is 35.5. The molecule has 4 rings (SSSR count). The molecule has 0 unspecified atom stereocenters. The molecule has 2 aromatic heterocycles. The third-order valence-electron chi connectivity index (χ3n) is 5.68. The van der Waals surface area contributed by atoms with E-state index in [2.05, 4.69) is 24.0 Å². The number of hydrogen-bond donors (Lipinski definition) is 0. The Labute approximate surface area is 207 Å². The Morgan fingerprint density at radius 3 is 2.66 bits per heavy atom. The molecule has 0 spiro atoms. The molecule has 0 aliphatic heterocycles. The zero-order valence-corrected chi connectivity index (χ0v) is 21.0. The molecule has 0 fully saturated rings. The van der Waals surface area contributed by atoms with E-state index in [4.69, 9.17) is 25.8 Å². The molecule has 0 atom stereocenters. The molecule has 0 saturated carbocycles. The first-order valence-corrected chi connectivity index (χ1v) is 11.6. The van der Waals surface area contributed by atoms with Crippen molar-refractivity contribution in [2.45, 2.75) is 33.8 Å². The number of carbonyl (C=O) groups excluding carboxylic acids is 1. The molecule has 0 saturated heterocycles. The van der Waals surface area contributed by atoms with Gasteiger partial charge < -0.3 is 14.2 Å². The lowest BCUT2D eigenvalue weighted by Crippen LogP contribution is -2.20. The Balaban J connectivity index is 1.60. The van der Waals surface area contributed by atoms with E-state index in [9.17, 15) is 9.59 Å². The van der Waals surface area contributed by atoms with Gasteiger partial charge in [-0.15, -0.1) is 10.2 Å². The van der Waals surface area contributed by atoms with Crippen LogP contribution in [0.2, 0.25) is 5.02 Å². The van der Waals surface area contributed by atoms with Gasteiger partial charge in [0.25, 0.3) is 5.56 Å². The van der Waals surface area contributed by atoms with Crippen molar-refractivity contribution in [1.29, 1.82) is 0 Å². The van der Waals surface area contributed by atoms with Crippen LogP contribution in [0.3, 0.4) is 0 Å². The smallest absolute Gasteiger partial charge is 0.338 e. The Bertz CT molecular complexity index is 1470. The van der Waals surface area contributed by atoms with Gasteiger partial charge in [0.15, 0.2) is 23.9 Å². The summed E-state index contributed by atoms with van der Waals surface area (Å²) < 4.78 is 19.8. The van der Waals surface area contributed by atoms with Crippen LogP contribution in [0.15, 0.2) is 35.1 Å².